The Morgan fingerprint density at radius 1 is 1.50 bits per heavy atom. The van der Waals surface area contributed by atoms with Crippen LogP contribution in [0.3, 0.4) is 0 Å². The van der Waals surface area contributed by atoms with Crippen LogP contribution in [-0.4, -0.2) is 17.0 Å². The minimum atomic E-state index is -4.44. The van der Waals surface area contributed by atoms with Crippen molar-refractivity contribution in [2.75, 3.05) is 5.75 Å². The Hall–Kier alpha value is -0.450. The summed E-state index contributed by atoms with van der Waals surface area (Å²) < 4.78 is 35.4. The highest BCUT2D eigenvalue weighted by molar-refractivity contribution is 8.13. The van der Waals surface area contributed by atoms with E-state index in [1.54, 1.807) is 6.92 Å². The van der Waals surface area contributed by atoms with Gasteiger partial charge in [-0.25, -0.2) is 0 Å². The molecule has 0 fully saturated rings. The highest BCUT2D eigenvalue weighted by atomic mass is 32.2. The Balaban J connectivity index is 3.94. The fraction of sp³-hybridized carbons (Fsp3) is 0.571. The summed E-state index contributed by atoms with van der Waals surface area (Å²) in [6.07, 6.45) is -5.05. The van der Waals surface area contributed by atoms with Crippen molar-refractivity contribution in [2.24, 2.45) is 0 Å². The van der Waals surface area contributed by atoms with Gasteiger partial charge in [0.05, 0.1) is 0 Å². The van der Waals surface area contributed by atoms with Gasteiger partial charge in [0.25, 0.3) is 0 Å². The van der Waals surface area contributed by atoms with E-state index in [1.165, 1.54) is 0 Å². The van der Waals surface area contributed by atoms with Crippen LogP contribution in [0.15, 0.2) is 12.2 Å². The molecular weight excluding hydrogens is 189 g/mol. The van der Waals surface area contributed by atoms with Crippen LogP contribution in [-0.2, 0) is 4.79 Å². The predicted molar refractivity (Wildman–Crippen MR) is 43.0 cm³/mol. The number of thioether (sulfide) groups is 1. The molecule has 0 aliphatic rings. The molecule has 0 rings (SSSR count). The lowest BCUT2D eigenvalue weighted by Crippen LogP contribution is -2.13. The van der Waals surface area contributed by atoms with Gasteiger partial charge in [-0.1, -0.05) is 25.3 Å². The second-order valence-corrected chi connectivity index (χ2v) is 3.40. The molecule has 0 N–H and O–H groups in total. The zero-order chi connectivity index (χ0) is 9.78. The van der Waals surface area contributed by atoms with E-state index in [-0.39, 0.29) is 0 Å². The average molecular weight is 198 g/mol. The zero-order valence-electron chi connectivity index (χ0n) is 6.57. The fourth-order valence-corrected chi connectivity index (χ4v) is 1.08. The molecule has 12 heavy (non-hydrogen) atoms. The highest BCUT2D eigenvalue weighted by Gasteiger charge is 2.32. The van der Waals surface area contributed by atoms with Crippen LogP contribution in [0, 0.1) is 0 Å². The highest BCUT2D eigenvalue weighted by Crippen LogP contribution is 2.27. The predicted octanol–water partition coefficient (Wildman–Crippen LogP) is 2.77. The van der Waals surface area contributed by atoms with E-state index < -0.39 is 23.3 Å². The molecule has 0 radical (unpaired) electrons. The number of alkyl halides is 3. The molecule has 0 bridgehead atoms. The fourth-order valence-electron chi connectivity index (χ4n) is 0.486. The van der Waals surface area contributed by atoms with Crippen LogP contribution in [0.1, 0.15) is 13.3 Å². The quantitative estimate of drug-likeness (QED) is 0.648. The molecule has 0 heterocycles. The van der Waals surface area contributed by atoms with E-state index in [0.29, 0.717) is 5.75 Å². The van der Waals surface area contributed by atoms with Gasteiger partial charge in [0.2, 0.25) is 0 Å². The standard InChI is InChI=1S/C7H9F3OS/c1-3-12-6(11)4-5(2)7(8,9)10/h2-4H2,1H3. The summed E-state index contributed by atoms with van der Waals surface area (Å²) in [6.45, 7) is 4.50. The van der Waals surface area contributed by atoms with Gasteiger partial charge in [-0.05, 0) is 5.75 Å². The number of carbonyl (C=O) groups is 1. The Morgan fingerprint density at radius 2 is 2.00 bits per heavy atom. The summed E-state index contributed by atoms with van der Waals surface area (Å²) in [5.41, 5.74) is -0.978. The zero-order valence-corrected chi connectivity index (χ0v) is 7.39. The Kier molecular flexibility index (Phi) is 4.37. The summed E-state index contributed by atoms with van der Waals surface area (Å²) >= 11 is 0.876. The summed E-state index contributed by atoms with van der Waals surface area (Å²) in [7, 11) is 0. The number of carbonyl (C=O) groups excluding carboxylic acids is 1. The van der Waals surface area contributed by atoms with Crippen LogP contribution < -0.4 is 0 Å². The van der Waals surface area contributed by atoms with E-state index in [9.17, 15) is 18.0 Å². The molecule has 0 amide bonds. The molecule has 0 saturated heterocycles. The van der Waals surface area contributed by atoms with Gasteiger partial charge < -0.3 is 0 Å². The van der Waals surface area contributed by atoms with E-state index in [2.05, 4.69) is 6.58 Å². The molecule has 0 aliphatic heterocycles. The van der Waals surface area contributed by atoms with Gasteiger partial charge in [-0.15, -0.1) is 0 Å². The third-order valence-corrected chi connectivity index (χ3v) is 1.82. The van der Waals surface area contributed by atoms with Crippen molar-refractivity contribution in [2.45, 2.75) is 19.5 Å². The first-order valence-corrected chi connectivity index (χ1v) is 4.27. The Morgan fingerprint density at radius 3 is 2.33 bits per heavy atom. The van der Waals surface area contributed by atoms with E-state index in [4.69, 9.17) is 0 Å². The second-order valence-electron chi connectivity index (χ2n) is 2.08. The van der Waals surface area contributed by atoms with Gasteiger partial charge in [-0.3, -0.25) is 4.79 Å². The average Bonchev–Trinajstić information content (AvgIpc) is 1.85. The van der Waals surface area contributed by atoms with Crippen molar-refractivity contribution < 1.29 is 18.0 Å². The van der Waals surface area contributed by atoms with Crippen molar-refractivity contribution in [3.63, 3.8) is 0 Å². The Bertz CT molecular complexity index is 186. The van der Waals surface area contributed by atoms with Crippen molar-refractivity contribution in [1.29, 1.82) is 0 Å². The van der Waals surface area contributed by atoms with E-state index in [0.717, 1.165) is 11.8 Å². The van der Waals surface area contributed by atoms with Gasteiger partial charge in [0.15, 0.2) is 5.12 Å². The molecule has 0 aromatic carbocycles. The smallest absolute Gasteiger partial charge is 0.287 e. The number of rotatable bonds is 3. The molecule has 0 saturated carbocycles. The summed E-state index contributed by atoms with van der Waals surface area (Å²) in [5, 5.41) is -0.486. The lowest BCUT2D eigenvalue weighted by atomic mass is 10.2. The van der Waals surface area contributed by atoms with Crippen LogP contribution in [0.4, 0.5) is 13.2 Å². The van der Waals surface area contributed by atoms with Crippen LogP contribution >= 0.6 is 11.8 Å². The third kappa shape index (κ3) is 4.43. The minimum Gasteiger partial charge on any atom is -0.287 e. The first-order chi connectivity index (χ1) is 5.38. The summed E-state index contributed by atoms with van der Waals surface area (Å²) in [4.78, 5) is 10.7. The second kappa shape index (κ2) is 4.54. The maximum Gasteiger partial charge on any atom is 0.412 e. The maximum atomic E-state index is 11.8. The van der Waals surface area contributed by atoms with Gasteiger partial charge >= 0.3 is 6.18 Å². The number of halogens is 3. The molecule has 0 aromatic rings. The van der Waals surface area contributed by atoms with Gasteiger partial charge in [-0.2, -0.15) is 13.2 Å². The monoisotopic (exact) mass is 198 g/mol. The molecule has 0 spiro atoms. The molecule has 1 nitrogen and oxygen atoms in total. The van der Waals surface area contributed by atoms with Crippen LogP contribution in [0.5, 0.6) is 0 Å². The van der Waals surface area contributed by atoms with Crippen molar-refractivity contribution in [3.05, 3.63) is 12.2 Å². The van der Waals surface area contributed by atoms with E-state index >= 15 is 0 Å². The molecule has 0 atom stereocenters. The minimum absolute atomic E-state index is 0.486. The first-order valence-electron chi connectivity index (χ1n) is 3.28. The molecule has 0 unspecified atom stereocenters. The van der Waals surface area contributed by atoms with Crippen LogP contribution in [0.25, 0.3) is 0 Å². The molecule has 0 aliphatic carbocycles. The normalized spacial score (nSPS) is 11.3. The van der Waals surface area contributed by atoms with Crippen molar-refractivity contribution in [3.8, 4) is 0 Å². The maximum absolute atomic E-state index is 11.8. The molecule has 5 heteroatoms. The molecule has 70 valence electrons. The van der Waals surface area contributed by atoms with Crippen molar-refractivity contribution >= 4 is 16.9 Å². The first kappa shape index (κ1) is 11.6. The van der Waals surface area contributed by atoms with Gasteiger partial charge in [0.1, 0.15) is 0 Å². The van der Waals surface area contributed by atoms with Crippen LogP contribution in [0.2, 0.25) is 0 Å². The Labute approximate surface area is 73.0 Å². The summed E-state index contributed by atoms with van der Waals surface area (Å²) in [6, 6.07) is 0. The number of hydrogen-bond acceptors (Lipinski definition) is 2. The lowest BCUT2D eigenvalue weighted by Gasteiger charge is -2.07. The topological polar surface area (TPSA) is 17.1 Å². The van der Waals surface area contributed by atoms with E-state index in [1.807, 2.05) is 0 Å². The van der Waals surface area contributed by atoms with Crippen molar-refractivity contribution in [1.82, 2.24) is 0 Å². The SMILES string of the molecule is C=C(CC(=O)SCC)C(F)(F)F. The number of hydrogen-bond donors (Lipinski definition) is 0. The van der Waals surface area contributed by atoms with Gasteiger partial charge in [0, 0.05) is 12.0 Å². The lowest BCUT2D eigenvalue weighted by molar-refractivity contribution is -0.115. The number of allylic oxidation sites excluding steroid dienone is 1. The largest absolute Gasteiger partial charge is 0.412 e. The molecule has 0 aromatic heterocycles. The third-order valence-electron chi connectivity index (χ3n) is 1.06. The summed E-state index contributed by atoms with van der Waals surface area (Å²) in [5.74, 6) is 0.490. The molecular formula is C7H9F3OS.